The van der Waals surface area contributed by atoms with Crippen LogP contribution in [0.5, 0.6) is 0 Å². The molecule has 1 aromatic rings. The fourth-order valence-corrected chi connectivity index (χ4v) is 2.56. The second-order valence-corrected chi connectivity index (χ2v) is 4.99. The van der Waals surface area contributed by atoms with Gasteiger partial charge in [-0.15, -0.1) is 0 Å². The molecule has 4 nitrogen and oxygen atoms in total. The van der Waals surface area contributed by atoms with Gasteiger partial charge in [0.05, 0.1) is 0 Å². The van der Waals surface area contributed by atoms with Crippen molar-refractivity contribution in [1.82, 2.24) is 14.5 Å². The highest BCUT2D eigenvalue weighted by atomic mass is 35.5. The second-order valence-electron chi connectivity index (χ2n) is 4.64. The van der Waals surface area contributed by atoms with Crippen LogP contribution in [0.2, 0.25) is 5.15 Å². The molecule has 1 aromatic heterocycles. The van der Waals surface area contributed by atoms with E-state index in [1.54, 1.807) is 17.0 Å². The first-order valence-corrected chi connectivity index (χ1v) is 6.47. The van der Waals surface area contributed by atoms with E-state index >= 15 is 0 Å². The van der Waals surface area contributed by atoms with Crippen molar-refractivity contribution in [3.05, 3.63) is 27.9 Å². The van der Waals surface area contributed by atoms with Crippen LogP contribution in [0.3, 0.4) is 0 Å². The van der Waals surface area contributed by atoms with Crippen LogP contribution in [-0.4, -0.2) is 34.1 Å². The van der Waals surface area contributed by atoms with Crippen LogP contribution >= 0.6 is 11.6 Å². The third-order valence-electron chi connectivity index (χ3n) is 3.50. The Bertz CT molecular complexity index is 432. The molecule has 5 heteroatoms. The Morgan fingerprint density at radius 3 is 3.12 bits per heavy atom. The Kier molecular flexibility index (Phi) is 4.18. The van der Waals surface area contributed by atoms with E-state index in [4.69, 9.17) is 11.6 Å². The average molecular weight is 256 g/mol. The maximum atomic E-state index is 11.7. The van der Waals surface area contributed by atoms with Crippen molar-refractivity contribution >= 4 is 11.6 Å². The van der Waals surface area contributed by atoms with Crippen LogP contribution in [0.1, 0.15) is 25.7 Å². The average Bonchev–Trinajstić information content (AvgIpc) is 2.33. The Hall–Kier alpha value is -0.870. The van der Waals surface area contributed by atoms with E-state index in [9.17, 15) is 4.79 Å². The Morgan fingerprint density at radius 2 is 2.35 bits per heavy atom. The van der Waals surface area contributed by atoms with Gasteiger partial charge < -0.3 is 9.47 Å². The Labute approximate surface area is 106 Å². The van der Waals surface area contributed by atoms with Crippen LogP contribution in [0, 0.1) is 0 Å². The van der Waals surface area contributed by atoms with E-state index in [-0.39, 0.29) is 10.7 Å². The fourth-order valence-electron chi connectivity index (χ4n) is 2.39. The van der Waals surface area contributed by atoms with Crippen molar-refractivity contribution in [2.75, 3.05) is 13.6 Å². The Morgan fingerprint density at radius 1 is 1.53 bits per heavy atom. The molecule has 0 saturated carbocycles. The normalized spacial score (nSPS) is 21.6. The van der Waals surface area contributed by atoms with Gasteiger partial charge >= 0.3 is 0 Å². The minimum Gasteiger partial charge on any atom is -0.311 e. The summed E-state index contributed by atoms with van der Waals surface area (Å²) < 4.78 is 1.65. The minimum atomic E-state index is -0.187. The molecule has 0 aliphatic carbocycles. The summed E-state index contributed by atoms with van der Waals surface area (Å²) in [6.07, 6.45) is 8.08. The molecule has 1 unspecified atom stereocenters. The van der Waals surface area contributed by atoms with Crippen LogP contribution in [-0.2, 0) is 6.54 Å². The van der Waals surface area contributed by atoms with Crippen LogP contribution < -0.4 is 5.56 Å². The van der Waals surface area contributed by atoms with Gasteiger partial charge in [-0.05, 0) is 32.9 Å². The van der Waals surface area contributed by atoms with Crippen molar-refractivity contribution in [2.45, 2.75) is 38.3 Å². The molecule has 17 heavy (non-hydrogen) atoms. The first-order chi connectivity index (χ1) is 8.18. The SMILES string of the molecule is CN1CCCCC1CCn1ccnc(Cl)c1=O. The van der Waals surface area contributed by atoms with E-state index in [1.165, 1.54) is 19.3 Å². The summed E-state index contributed by atoms with van der Waals surface area (Å²) in [5, 5.41) is 0.0597. The van der Waals surface area contributed by atoms with Crippen LogP contribution in [0.25, 0.3) is 0 Å². The molecule has 2 rings (SSSR count). The second kappa shape index (κ2) is 5.65. The maximum Gasteiger partial charge on any atom is 0.288 e. The summed E-state index contributed by atoms with van der Waals surface area (Å²) in [6.45, 7) is 1.88. The molecule has 1 fully saturated rings. The number of aryl methyl sites for hydroxylation is 1. The number of likely N-dealkylation sites (tertiary alicyclic amines) is 1. The number of piperidine rings is 1. The lowest BCUT2D eigenvalue weighted by Gasteiger charge is -2.32. The molecule has 1 aliphatic heterocycles. The van der Waals surface area contributed by atoms with Gasteiger partial charge in [-0.25, -0.2) is 4.98 Å². The highest BCUT2D eigenvalue weighted by Crippen LogP contribution is 2.18. The third kappa shape index (κ3) is 3.07. The molecular formula is C12H18ClN3O. The smallest absolute Gasteiger partial charge is 0.288 e. The molecule has 0 radical (unpaired) electrons. The summed E-state index contributed by atoms with van der Waals surface area (Å²) in [5.74, 6) is 0. The van der Waals surface area contributed by atoms with Gasteiger partial charge in [-0.3, -0.25) is 4.79 Å². The van der Waals surface area contributed by atoms with E-state index < -0.39 is 0 Å². The minimum absolute atomic E-state index is 0.0597. The van der Waals surface area contributed by atoms with Gasteiger partial charge in [0.1, 0.15) is 0 Å². The standard InChI is InChI=1S/C12H18ClN3O/c1-15-7-3-2-4-10(15)5-8-16-9-6-14-11(13)12(16)17/h6,9-10H,2-5,7-8H2,1H3. The lowest BCUT2D eigenvalue weighted by molar-refractivity contribution is 0.170. The Balaban J connectivity index is 1.97. The number of aromatic nitrogens is 2. The number of hydrogen-bond acceptors (Lipinski definition) is 3. The topological polar surface area (TPSA) is 38.1 Å². The molecule has 0 spiro atoms. The summed E-state index contributed by atoms with van der Waals surface area (Å²) in [6, 6.07) is 0.586. The zero-order valence-corrected chi connectivity index (χ0v) is 10.9. The van der Waals surface area contributed by atoms with E-state index in [0.29, 0.717) is 6.04 Å². The van der Waals surface area contributed by atoms with E-state index in [2.05, 4.69) is 16.9 Å². The first-order valence-electron chi connectivity index (χ1n) is 6.09. The lowest BCUT2D eigenvalue weighted by Crippen LogP contribution is -2.37. The van der Waals surface area contributed by atoms with Crippen LogP contribution in [0.15, 0.2) is 17.2 Å². The summed E-state index contributed by atoms with van der Waals surface area (Å²) in [4.78, 5) is 17.8. The van der Waals surface area contributed by atoms with Crippen molar-refractivity contribution in [3.8, 4) is 0 Å². The zero-order chi connectivity index (χ0) is 12.3. The van der Waals surface area contributed by atoms with Crippen molar-refractivity contribution in [1.29, 1.82) is 0 Å². The number of nitrogens with zero attached hydrogens (tertiary/aromatic N) is 3. The van der Waals surface area contributed by atoms with Crippen molar-refractivity contribution in [2.24, 2.45) is 0 Å². The van der Waals surface area contributed by atoms with Gasteiger partial charge in [-0.2, -0.15) is 0 Å². The number of rotatable bonds is 3. The summed E-state index contributed by atoms with van der Waals surface area (Å²) in [5.41, 5.74) is -0.187. The van der Waals surface area contributed by atoms with Crippen LogP contribution in [0.4, 0.5) is 0 Å². The highest BCUT2D eigenvalue weighted by Gasteiger charge is 2.18. The van der Waals surface area contributed by atoms with Crippen molar-refractivity contribution < 1.29 is 0 Å². The van der Waals surface area contributed by atoms with Gasteiger partial charge in [0.25, 0.3) is 5.56 Å². The summed E-state index contributed by atoms with van der Waals surface area (Å²) >= 11 is 5.71. The number of hydrogen-bond donors (Lipinski definition) is 0. The van der Waals surface area contributed by atoms with Crippen molar-refractivity contribution in [3.63, 3.8) is 0 Å². The molecule has 0 N–H and O–H groups in total. The molecule has 1 atom stereocenters. The third-order valence-corrected chi connectivity index (χ3v) is 3.76. The first kappa shape index (κ1) is 12.6. The molecular weight excluding hydrogens is 238 g/mol. The lowest BCUT2D eigenvalue weighted by atomic mass is 10.0. The fraction of sp³-hybridized carbons (Fsp3) is 0.667. The molecule has 0 aromatic carbocycles. The molecule has 94 valence electrons. The maximum absolute atomic E-state index is 11.7. The predicted octanol–water partition coefficient (Wildman–Crippen LogP) is 1.77. The molecule has 1 saturated heterocycles. The number of halogens is 1. The molecule has 1 aliphatic rings. The molecule has 2 heterocycles. The zero-order valence-electron chi connectivity index (χ0n) is 10.1. The quantitative estimate of drug-likeness (QED) is 0.826. The van der Waals surface area contributed by atoms with Gasteiger partial charge in [-0.1, -0.05) is 18.0 Å². The van der Waals surface area contributed by atoms with E-state index in [1.807, 2.05) is 0 Å². The highest BCUT2D eigenvalue weighted by molar-refractivity contribution is 6.29. The molecule has 0 amide bonds. The van der Waals surface area contributed by atoms with Gasteiger partial charge in [0.15, 0.2) is 5.15 Å². The monoisotopic (exact) mass is 255 g/mol. The van der Waals surface area contributed by atoms with Gasteiger partial charge in [0, 0.05) is 25.0 Å². The molecule has 0 bridgehead atoms. The largest absolute Gasteiger partial charge is 0.311 e. The predicted molar refractivity (Wildman–Crippen MR) is 68.4 cm³/mol. The van der Waals surface area contributed by atoms with Gasteiger partial charge in [0.2, 0.25) is 0 Å². The summed E-state index contributed by atoms with van der Waals surface area (Å²) in [7, 11) is 2.16. The van der Waals surface area contributed by atoms with E-state index in [0.717, 1.165) is 19.5 Å².